The Bertz CT molecular complexity index is 1620. The minimum Gasteiger partial charge on any atom is -0.506 e. The van der Waals surface area contributed by atoms with Gasteiger partial charge in [-0.05, 0) is 52.7 Å². The average molecular weight is 483 g/mol. The molecule has 0 aliphatic heterocycles. The highest BCUT2D eigenvalue weighted by Gasteiger charge is 2.28. The monoisotopic (exact) mass is 482 g/mol. The standard InChI is InChI=1S/C29H23ClN2O3/c1-32-25-9-5-4-8-23(25)27(33)26(29(32)35)28(34)24(16-18-10-13-21(30)14-11-18)31-22-15-12-19-6-2-3-7-20(19)17-22/h2-15,17,24,31,33H,16H2,1H3. The van der Waals surface area contributed by atoms with E-state index in [-0.39, 0.29) is 11.3 Å². The molecule has 1 atom stereocenters. The Labute approximate surface area is 207 Å². The van der Waals surface area contributed by atoms with Gasteiger partial charge in [-0.3, -0.25) is 9.59 Å². The van der Waals surface area contributed by atoms with Crippen LogP contribution in [0.3, 0.4) is 0 Å². The summed E-state index contributed by atoms with van der Waals surface area (Å²) < 4.78 is 1.40. The molecule has 6 heteroatoms. The Morgan fingerprint density at radius 1 is 0.943 bits per heavy atom. The molecule has 1 unspecified atom stereocenters. The molecule has 4 aromatic carbocycles. The number of aryl methyl sites for hydroxylation is 1. The Kier molecular flexibility index (Phi) is 6.01. The van der Waals surface area contributed by atoms with Crippen molar-refractivity contribution in [1.82, 2.24) is 4.57 Å². The van der Waals surface area contributed by atoms with Gasteiger partial charge in [0.25, 0.3) is 5.56 Å². The van der Waals surface area contributed by atoms with Crippen molar-refractivity contribution in [2.45, 2.75) is 12.5 Å². The molecule has 5 aromatic rings. The number of aromatic hydroxyl groups is 1. The lowest BCUT2D eigenvalue weighted by atomic mass is 9.96. The molecule has 0 bridgehead atoms. The van der Waals surface area contributed by atoms with Crippen molar-refractivity contribution in [3.63, 3.8) is 0 Å². The van der Waals surface area contributed by atoms with Crippen molar-refractivity contribution in [1.29, 1.82) is 0 Å². The molecule has 0 spiro atoms. The molecule has 35 heavy (non-hydrogen) atoms. The summed E-state index contributed by atoms with van der Waals surface area (Å²) in [5.74, 6) is -0.771. The number of ketones is 1. The molecule has 0 aliphatic carbocycles. The van der Waals surface area contributed by atoms with Crippen LogP contribution in [0, 0.1) is 0 Å². The van der Waals surface area contributed by atoms with Gasteiger partial charge in [0.2, 0.25) is 0 Å². The van der Waals surface area contributed by atoms with Gasteiger partial charge >= 0.3 is 0 Å². The molecule has 2 N–H and O–H groups in total. The van der Waals surface area contributed by atoms with Gasteiger partial charge in [-0.25, -0.2) is 0 Å². The zero-order valence-electron chi connectivity index (χ0n) is 19.0. The molecular weight excluding hydrogens is 460 g/mol. The number of carbonyl (C=O) groups is 1. The van der Waals surface area contributed by atoms with Gasteiger partial charge in [-0.2, -0.15) is 0 Å². The topological polar surface area (TPSA) is 71.3 Å². The summed E-state index contributed by atoms with van der Waals surface area (Å²) in [6, 6.07) is 27.2. The number of benzene rings is 4. The summed E-state index contributed by atoms with van der Waals surface area (Å²) in [5, 5.41) is 17.5. The number of anilines is 1. The fourth-order valence-corrected chi connectivity index (χ4v) is 4.55. The highest BCUT2D eigenvalue weighted by Crippen LogP contribution is 2.28. The third kappa shape index (κ3) is 4.38. The smallest absolute Gasteiger partial charge is 0.265 e. The number of aromatic nitrogens is 1. The Hall–Kier alpha value is -4.09. The maximum absolute atomic E-state index is 13.9. The van der Waals surface area contributed by atoms with Crippen molar-refractivity contribution in [3.05, 3.63) is 117 Å². The lowest BCUT2D eigenvalue weighted by molar-refractivity contribution is 0.0964. The first-order valence-corrected chi connectivity index (χ1v) is 11.6. The van der Waals surface area contributed by atoms with E-state index < -0.39 is 17.4 Å². The molecule has 0 aliphatic rings. The fourth-order valence-electron chi connectivity index (χ4n) is 4.42. The number of nitrogens with zero attached hydrogens (tertiary/aromatic N) is 1. The zero-order valence-corrected chi connectivity index (χ0v) is 19.8. The average Bonchev–Trinajstić information content (AvgIpc) is 2.88. The fraction of sp³-hybridized carbons (Fsp3) is 0.103. The second-order valence-electron chi connectivity index (χ2n) is 8.56. The van der Waals surface area contributed by atoms with Crippen LogP contribution in [0.25, 0.3) is 21.7 Å². The van der Waals surface area contributed by atoms with Gasteiger partial charge < -0.3 is 15.0 Å². The maximum atomic E-state index is 13.9. The summed E-state index contributed by atoms with van der Waals surface area (Å²) in [5.41, 5.74) is 1.42. The summed E-state index contributed by atoms with van der Waals surface area (Å²) in [4.78, 5) is 27.1. The number of para-hydroxylation sites is 1. The van der Waals surface area contributed by atoms with E-state index >= 15 is 0 Å². The van der Waals surface area contributed by atoms with Gasteiger partial charge in [-0.15, -0.1) is 0 Å². The molecular formula is C29H23ClN2O3. The minimum absolute atomic E-state index is 0.224. The summed E-state index contributed by atoms with van der Waals surface area (Å²) in [6.07, 6.45) is 0.304. The van der Waals surface area contributed by atoms with E-state index in [2.05, 4.69) is 5.32 Å². The lowest BCUT2D eigenvalue weighted by Crippen LogP contribution is -2.37. The van der Waals surface area contributed by atoms with Crippen LogP contribution < -0.4 is 10.9 Å². The molecule has 5 nitrogen and oxygen atoms in total. The predicted octanol–water partition coefficient (Wildman–Crippen LogP) is 5.96. The highest BCUT2D eigenvalue weighted by molar-refractivity contribution is 6.30. The molecule has 0 fully saturated rings. The first-order valence-electron chi connectivity index (χ1n) is 11.3. The lowest BCUT2D eigenvalue weighted by Gasteiger charge is -2.21. The van der Waals surface area contributed by atoms with Crippen LogP contribution in [-0.4, -0.2) is 21.5 Å². The number of carbonyl (C=O) groups excluding carboxylic acids is 1. The number of fused-ring (bicyclic) bond motifs is 2. The van der Waals surface area contributed by atoms with E-state index in [4.69, 9.17) is 11.6 Å². The van der Waals surface area contributed by atoms with Crippen LogP contribution in [0.15, 0.2) is 95.8 Å². The quantitative estimate of drug-likeness (QED) is 0.293. The molecule has 174 valence electrons. The zero-order chi connectivity index (χ0) is 24.5. The first kappa shape index (κ1) is 22.7. The normalized spacial score (nSPS) is 12.1. The van der Waals surface area contributed by atoms with Gasteiger partial charge in [0.05, 0.1) is 11.6 Å². The molecule has 5 rings (SSSR count). The summed E-state index contributed by atoms with van der Waals surface area (Å²) in [6.45, 7) is 0. The highest BCUT2D eigenvalue weighted by atomic mass is 35.5. The van der Waals surface area contributed by atoms with E-state index in [1.807, 2.05) is 54.6 Å². The second-order valence-corrected chi connectivity index (χ2v) is 9.00. The molecule has 1 heterocycles. The third-order valence-corrected chi connectivity index (χ3v) is 6.53. The van der Waals surface area contributed by atoms with Crippen molar-refractivity contribution >= 4 is 44.7 Å². The number of Topliss-reactive ketones (excluding diaryl/α,β-unsaturated/α-hetero) is 1. The van der Waals surface area contributed by atoms with Gasteiger partial charge in [0, 0.05) is 29.6 Å². The third-order valence-electron chi connectivity index (χ3n) is 6.28. The number of hydrogen-bond acceptors (Lipinski definition) is 4. The van der Waals surface area contributed by atoms with Gasteiger partial charge in [0.1, 0.15) is 11.3 Å². The molecule has 0 radical (unpaired) electrons. The van der Waals surface area contributed by atoms with Crippen molar-refractivity contribution in [3.8, 4) is 5.75 Å². The van der Waals surface area contributed by atoms with Crippen molar-refractivity contribution in [2.75, 3.05) is 5.32 Å². The molecule has 0 saturated heterocycles. The van der Waals surface area contributed by atoms with Crippen LogP contribution >= 0.6 is 11.6 Å². The maximum Gasteiger partial charge on any atom is 0.265 e. The van der Waals surface area contributed by atoms with Crippen molar-refractivity contribution < 1.29 is 9.90 Å². The SMILES string of the molecule is Cn1c(=O)c(C(=O)C(Cc2ccc(Cl)cc2)Nc2ccc3ccccc3c2)c(O)c2ccccc21. The van der Waals surface area contributed by atoms with Crippen LogP contribution in [0.1, 0.15) is 15.9 Å². The van der Waals surface area contributed by atoms with Crippen LogP contribution in [0.2, 0.25) is 5.02 Å². The summed E-state index contributed by atoms with van der Waals surface area (Å²) in [7, 11) is 1.60. The number of nitrogens with one attached hydrogen (secondary N) is 1. The van der Waals surface area contributed by atoms with E-state index in [0.29, 0.717) is 22.3 Å². The minimum atomic E-state index is -0.794. The first-order chi connectivity index (χ1) is 16.9. The largest absolute Gasteiger partial charge is 0.506 e. The van der Waals surface area contributed by atoms with E-state index in [1.54, 1.807) is 43.4 Å². The second kappa shape index (κ2) is 9.28. The van der Waals surface area contributed by atoms with Crippen LogP contribution in [0.4, 0.5) is 5.69 Å². The molecule has 0 amide bonds. The van der Waals surface area contributed by atoms with Crippen LogP contribution in [0.5, 0.6) is 5.75 Å². The van der Waals surface area contributed by atoms with E-state index in [9.17, 15) is 14.7 Å². The van der Waals surface area contributed by atoms with Crippen LogP contribution in [-0.2, 0) is 13.5 Å². The molecule has 1 aromatic heterocycles. The van der Waals surface area contributed by atoms with Gasteiger partial charge in [0.15, 0.2) is 5.78 Å². The number of pyridine rings is 1. The van der Waals surface area contributed by atoms with Crippen molar-refractivity contribution in [2.24, 2.45) is 7.05 Å². The van der Waals surface area contributed by atoms with E-state index in [1.165, 1.54) is 4.57 Å². The summed E-state index contributed by atoms with van der Waals surface area (Å²) >= 11 is 6.05. The number of halogens is 1. The predicted molar refractivity (Wildman–Crippen MR) is 142 cm³/mol. The number of rotatable bonds is 6. The van der Waals surface area contributed by atoms with Gasteiger partial charge in [-0.1, -0.05) is 66.2 Å². The number of hydrogen-bond donors (Lipinski definition) is 2. The Balaban J connectivity index is 1.60. The van der Waals surface area contributed by atoms with E-state index in [0.717, 1.165) is 22.0 Å². The molecule has 0 saturated carbocycles. The Morgan fingerprint density at radius 3 is 2.40 bits per heavy atom. The Morgan fingerprint density at radius 2 is 1.63 bits per heavy atom.